The van der Waals surface area contributed by atoms with E-state index in [1.54, 1.807) is 0 Å². The van der Waals surface area contributed by atoms with E-state index >= 15 is 0 Å². The molecule has 2 fully saturated rings. The van der Waals surface area contributed by atoms with Crippen LogP contribution < -0.4 is 0 Å². The van der Waals surface area contributed by atoms with Crippen LogP contribution in [0, 0.1) is 5.41 Å². The summed E-state index contributed by atoms with van der Waals surface area (Å²) in [5, 5.41) is 3.86. The lowest BCUT2D eigenvalue weighted by molar-refractivity contribution is -0.228. The zero-order valence-corrected chi connectivity index (χ0v) is 14.7. The monoisotopic (exact) mass is 398 g/mol. The Morgan fingerprint density at radius 2 is 1.78 bits per heavy atom. The third kappa shape index (κ3) is 3.67. The normalized spacial score (nSPS) is 20.1. The van der Waals surface area contributed by atoms with Crippen LogP contribution in [0.3, 0.4) is 0 Å². The molecular formula is C17H20F6N2O2. The maximum Gasteiger partial charge on any atom is 0.420 e. The van der Waals surface area contributed by atoms with Gasteiger partial charge in [0.1, 0.15) is 5.56 Å². The van der Waals surface area contributed by atoms with Gasteiger partial charge >= 0.3 is 18.3 Å². The van der Waals surface area contributed by atoms with E-state index in [0.717, 1.165) is 0 Å². The van der Waals surface area contributed by atoms with Crippen LogP contribution in [0.25, 0.3) is 0 Å². The fourth-order valence-corrected chi connectivity index (χ4v) is 3.79. The summed E-state index contributed by atoms with van der Waals surface area (Å²) in [6.45, 7) is 0.423. The van der Waals surface area contributed by atoms with Gasteiger partial charge in [0.2, 0.25) is 0 Å². The molecule has 0 atom stereocenters. The zero-order chi connectivity index (χ0) is 20.0. The van der Waals surface area contributed by atoms with Crippen molar-refractivity contribution in [1.82, 2.24) is 9.78 Å². The van der Waals surface area contributed by atoms with Crippen LogP contribution in [0.15, 0.2) is 0 Å². The third-order valence-electron chi connectivity index (χ3n) is 5.31. The molecule has 10 heteroatoms. The van der Waals surface area contributed by atoms with Gasteiger partial charge in [-0.3, -0.25) is 4.68 Å². The molecular weight excluding hydrogens is 378 g/mol. The molecule has 2 aliphatic carbocycles. The second-order valence-corrected chi connectivity index (χ2v) is 7.24. The maximum absolute atomic E-state index is 13.7. The van der Waals surface area contributed by atoms with Crippen molar-refractivity contribution in [2.75, 3.05) is 6.61 Å². The molecule has 0 saturated heterocycles. The SMILES string of the molecule is CCOC(=O)c1c(C(F)(F)F)c(C2CC2)nn1CC1(C(F)(F)F)CCCC1. The van der Waals surface area contributed by atoms with E-state index < -0.39 is 47.5 Å². The van der Waals surface area contributed by atoms with E-state index in [0.29, 0.717) is 30.4 Å². The summed E-state index contributed by atoms with van der Waals surface area (Å²) in [5.74, 6) is -1.78. The molecule has 2 aliphatic rings. The maximum atomic E-state index is 13.7. The van der Waals surface area contributed by atoms with Crippen molar-refractivity contribution < 1.29 is 35.9 Å². The molecule has 2 saturated carbocycles. The first-order chi connectivity index (χ1) is 12.5. The predicted octanol–water partition coefficient (Wildman–Crippen LogP) is 5.08. The average Bonchev–Trinajstić information content (AvgIpc) is 3.13. The fourth-order valence-electron chi connectivity index (χ4n) is 3.79. The molecule has 1 aromatic heterocycles. The molecule has 0 spiro atoms. The minimum absolute atomic E-state index is 0.190. The van der Waals surface area contributed by atoms with Gasteiger partial charge in [-0.15, -0.1) is 0 Å². The van der Waals surface area contributed by atoms with Crippen molar-refractivity contribution in [3.8, 4) is 0 Å². The molecule has 0 bridgehead atoms. The minimum Gasteiger partial charge on any atom is -0.461 e. The van der Waals surface area contributed by atoms with Gasteiger partial charge < -0.3 is 4.74 Å². The van der Waals surface area contributed by atoms with E-state index in [-0.39, 0.29) is 25.1 Å². The third-order valence-corrected chi connectivity index (χ3v) is 5.31. The molecule has 0 N–H and O–H groups in total. The van der Waals surface area contributed by atoms with Gasteiger partial charge in [0, 0.05) is 5.92 Å². The van der Waals surface area contributed by atoms with Gasteiger partial charge in [0.05, 0.1) is 24.3 Å². The van der Waals surface area contributed by atoms with Crippen LogP contribution >= 0.6 is 0 Å². The Kier molecular flexibility index (Phi) is 4.96. The molecule has 152 valence electrons. The summed E-state index contributed by atoms with van der Waals surface area (Å²) >= 11 is 0. The highest BCUT2D eigenvalue weighted by atomic mass is 19.4. The van der Waals surface area contributed by atoms with Crippen molar-refractivity contribution in [2.45, 2.75) is 70.3 Å². The standard InChI is InChI=1S/C17H20F6N2O2/c1-2-27-14(26)13-11(16(18,19)20)12(10-5-6-10)24-25(13)9-15(17(21,22)23)7-3-4-8-15/h10H,2-9H2,1H3. The highest BCUT2D eigenvalue weighted by Gasteiger charge is 2.57. The number of carbonyl (C=O) groups is 1. The Balaban J connectivity index is 2.13. The number of hydrogen-bond acceptors (Lipinski definition) is 3. The first kappa shape index (κ1) is 20.0. The highest BCUT2D eigenvalue weighted by molar-refractivity contribution is 5.90. The first-order valence-electron chi connectivity index (χ1n) is 8.92. The largest absolute Gasteiger partial charge is 0.461 e. The van der Waals surface area contributed by atoms with Gasteiger partial charge in [0.25, 0.3) is 0 Å². The summed E-state index contributed by atoms with van der Waals surface area (Å²) in [5.41, 5.74) is -4.69. The summed E-state index contributed by atoms with van der Waals surface area (Å²) in [6.07, 6.45) is -8.30. The van der Waals surface area contributed by atoms with E-state index in [4.69, 9.17) is 4.74 Å². The van der Waals surface area contributed by atoms with Crippen molar-refractivity contribution in [2.24, 2.45) is 5.41 Å². The summed E-state index contributed by atoms with van der Waals surface area (Å²) in [4.78, 5) is 12.3. The second-order valence-electron chi connectivity index (χ2n) is 7.24. The van der Waals surface area contributed by atoms with Crippen LogP contribution in [0.1, 0.15) is 73.1 Å². The number of halogens is 6. The molecule has 0 aliphatic heterocycles. The number of rotatable bonds is 5. The van der Waals surface area contributed by atoms with Crippen LogP contribution in [0.4, 0.5) is 26.3 Å². The van der Waals surface area contributed by atoms with E-state index in [9.17, 15) is 31.1 Å². The lowest BCUT2D eigenvalue weighted by atomic mass is 9.85. The Morgan fingerprint density at radius 3 is 2.22 bits per heavy atom. The number of hydrogen-bond donors (Lipinski definition) is 0. The number of esters is 1. The Morgan fingerprint density at radius 1 is 1.19 bits per heavy atom. The van der Waals surface area contributed by atoms with Gasteiger partial charge in [-0.2, -0.15) is 31.4 Å². The first-order valence-corrected chi connectivity index (χ1v) is 8.92. The molecule has 0 radical (unpaired) electrons. The van der Waals surface area contributed by atoms with Gasteiger partial charge in [-0.05, 0) is 32.6 Å². The van der Waals surface area contributed by atoms with Crippen LogP contribution in [0.5, 0.6) is 0 Å². The van der Waals surface area contributed by atoms with Crippen molar-refractivity contribution in [3.63, 3.8) is 0 Å². The van der Waals surface area contributed by atoms with Crippen molar-refractivity contribution >= 4 is 5.97 Å². The number of alkyl halides is 6. The van der Waals surface area contributed by atoms with Gasteiger partial charge in [-0.1, -0.05) is 12.8 Å². The Hall–Kier alpha value is -1.74. The quantitative estimate of drug-likeness (QED) is 0.513. The smallest absolute Gasteiger partial charge is 0.420 e. The summed E-state index contributed by atoms with van der Waals surface area (Å²) < 4.78 is 87.5. The van der Waals surface area contributed by atoms with E-state index in [1.807, 2.05) is 0 Å². The van der Waals surface area contributed by atoms with Gasteiger partial charge in [0.15, 0.2) is 5.69 Å². The van der Waals surface area contributed by atoms with Crippen LogP contribution in [-0.4, -0.2) is 28.5 Å². The molecule has 1 aromatic rings. The topological polar surface area (TPSA) is 44.1 Å². The Bertz CT molecular complexity index is 712. The number of nitrogens with zero attached hydrogens (tertiary/aromatic N) is 2. The van der Waals surface area contributed by atoms with Crippen LogP contribution in [0.2, 0.25) is 0 Å². The molecule has 0 aromatic carbocycles. The lowest BCUT2D eigenvalue weighted by Crippen LogP contribution is -2.40. The zero-order valence-electron chi connectivity index (χ0n) is 14.7. The summed E-state index contributed by atoms with van der Waals surface area (Å²) in [6, 6.07) is 0. The molecule has 4 nitrogen and oxygen atoms in total. The molecule has 0 amide bonds. The minimum atomic E-state index is -4.90. The number of ether oxygens (including phenoxy) is 1. The summed E-state index contributed by atoms with van der Waals surface area (Å²) in [7, 11) is 0. The predicted molar refractivity (Wildman–Crippen MR) is 82.1 cm³/mol. The second kappa shape index (κ2) is 6.70. The highest BCUT2D eigenvalue weighted by Crippen LogP contribution is 2.53. The fraction of sp³-hybridized carbons (Fsp3) is 0.765. The lowest BCUT2D eigenvalue weighted by Gasteiger charge is -2.31. The van der Waals surface area contributed by atoms with Crippen LogP contribution in [-0.2, 0) is 17.5 Å². The molecule has 1 heterocycles. The van der Waals surface area contributed by atoms with Crippen molar-refractivity contribution in [1.29, 1.82) is 0 Å². The Labute approximate surface area is 151 Å². The molecule has 3 rings (SSSR count). The van der Waals surface area contributed by atoms with E-state index in [2.05, 4.69) is 5.10 Å². The molecule has 27 heavy (non-hydrogen) atoms. The number of carbonyl (C=O) groups excluding carboxylic acids is 1. The number of aromatic nitrogens is 2. The average molecular weight is 398 g/mol. The van der Waals surface area contributed by atoms with Crippen molar-refractivity contribution in [3.05, 3.63) is 17.0 Å². The van der Waals surface area contributed by atoms with E-state index in [1.165, 1.54) is 6.92 Å². The molecule has 0 unspecified atom stereocenters. The van der Waals surface area contributed by atoms with Gasteiger partial charge in [-0.25, -0.2) is 4.79 Å².